The molecule has 2 rings (SSSR count). The minimum Gasteiger partial charge on any atom is -0.324 e. The first-order chi connectivity index (χ1) is 9.81. The first kappa shape index (κ1) is 16.3. The first-order valence-corrected chi connectivity index (χ1v) is 9.00. The van der Waals surface area contributed by atoms with Gasteiger partial charge in [0.25, 0.3) is 10.0 Å². The van der Waals surface area contributed by atoms with E-state index in [4.69, 9.17) is 5.73 Å². The highest BCUT2D eigenvalue weighted by atomic mass is 32.2. The molecule has 0 atom stereocenters. The smallest absolute Gasteiger partial charge is 0.269 e. The van der Waals surface area contributed by atoms with Crippen LogP contribution in [-0.4, -0.2) is 36.6 Å². The molecule has 4 N–H and O–H groups in total. The summed E-state index contributed by atoms with van der Waals surface area (Å²) in [6.07, 6.45) is 4.79. The zero-order chi connectivity index (χ0) is 15.5. The molecular weight excluding hydrogens is 314 g/mol. The molecule has 1 aromatic heterocycles. The predicted octanol–water partition coefficient (Wildman–Crippen LogP) is 0.436. The summed E-state index contributed by atoms with van der Waals surface area (Å²) < 4.78 is 26.6. The third kappa shape index (κ3) is 4.43. The van der Waals surface area contributed by atoms with Gasteiger partial charge in [-0.15, -0.1) is 10.2 Å². The number of nitrogens with zero attached hydrogens (tertiary/aromatic N) is 2. The maximum Gasteiger partial charge on any atom is 0.269 e. The van der Waals surface area contributed by atoms with Crippen LogP contribution in [0.25, 0.3) is 0 Å². The van der Waals surface area contributed by atoms with Crippen molar-refractivity contribution in [2.24, 2.45) is 5.73 Å². The molecule has 1 heterocycles. The lowest BCUT2D eigenvalue weighted by molar-refractivity contribution is -0.114. The molecule has 1 amide bonds. The van der Waals surface area contributed by atoms with Gasteiger partial charge in [0.1, 0.15) is 0 Å². The Hall–Kier alpha value is -1.10. The van der Waals surface area contributed by atoms with Gasteiger partial charge in [0, 0.05) is 19.0 Å². The van der Waals surface area contributed by atoms with Crippen LogP contribution in [0.1, 0.15) is 39.0 Å². The molecule has 10 heteroatoms. The summed E-state index contributed by atoms with van der Waals surface area (Å²) in [6, 6.07) is 0. The van der Waals surface area contributed by atoms with Crippen LogP contribution in [0.4, 0.5) is 5.13 Å². The number of anilines is 1. The van der Waals surface area contributed by atoms with Crippen molar-refractivity contribution in [2.75, 3.05) is 11.9 Å². The third-order valence-electron chi connectivity index (χ3n) is 3.38. The SMILES string of the molecule is CC(=O)Nc1nnc(S(=O)(=O)NCC2(N)CCCCC2)s1. The average Bonchev–Trinajstić information content (AvgIpc) is 2.86. The Morgan fingerprint density at radius 3 is 2.62 bits per heavy atom. The number of rotatable bonds is 5. The van der Waals surface area contributed by atoms with E-state index in [9.17, 15) is 13.2 Å². The molecule has 0 bridgehead atoms. The van der Waals surface area contributed by atoms with Gasteiger partial charge in [-0.25, -0.2) is 13.1 Å². The van der Waals surface area contributed by atoms with E-state index in [-0.39, 0.29) is 21.9 Å². The number of hydrogen-bond acceptors (Lipinski definition) is 7. The number of sulfonamides is 1. The minimum absolute atomic E-state index is 0.156. The summed E-state index contributed by atoms with van der Waals surface area (Å²) in [6.45, 7) is 1.50. The van der Waals surface area contributed by atoms with E-state index in [1.165, 1.54) is 6.92 Å². The molecule has 1 aromatic rings. The van der Waals surface area contributed by atoms with Crippen molar-refractivity contribution in [3.63, 3.8) is 0 Å². The molecule has 8 nitrogen and oxygen atoms in total. The molecule has 1 aliphatic carbocycles. The standard InChI is InChI=1S/C11H19N5O3S2/c1-8(17)14-9-15-16-10(20-9)21(18,19)13-7-11(12)5-3-2-4-6-11/h13H,2-7,12H2,1H3,(H,14,15,17). The fourth-order valence-electron chi connectivity index (χ4n) is 2.25. The maximum absolute atomic E-state index is 12.1. The van der Waals surface area contributed by atoms with Gasteiger partial charge in [-0.2, -0.15) is 0 Å². The van der Waals surface area contributed by atoms with E-state index in [0.29, 0.717) is 0 Å². The van der Waals surface area contributed by atoms with E-state index in [1.54, 1.807) is 0 Å². The normalized spacial score (nSPS) is 18.4. The second kappa shape index (κ2) is 6.34. The van der Waals surface area contributed by atoms with E-state index in [2.05, 4.69) is 20.2 Å². The van der Waals surface area contributed by atoms with Crippen LogP contribution >= 0.6 is 11.3 Å². The van der Waals surface area contributed by atoms with Gasteiger partial charge in [-0.05, 0) is 12.8 Å². The summed E-state index contributed by atoms with van der Waals surface area (Å²) in [5.41, 5.74) is 5.71. The first-order valence-electron chi connectivity index (χ1n) is 6.70. The Morgan fingerprint density at radius 1 is 1.33 bits per heavy atom. The Labute approximate surface area is 127 Å². The predicted molar refractivity (Wildman–Crippen MR) is 79.4 cm³/mol. The molecule has 0 aliphatic heterocycles. The number of nitrogens with two attached hydrogens (primary N) is 1. The molecule has 0 unspecified atom stereocenters. The number of nitrogens with one attached hydrogen (secondary N) is 2. The molecule has 21 heavy (non-hydrogen) atoms. The van der Waals surface area contributed by atoms with E-state index >= 15 is 0 Å². The molecule has 1 saturated carbocycles. The molecular formula is C11H19N5O3S2. The summed E-state index contributed by atoms with van der Waals surface area (Å²) in [7, 11) is -3.75. The minimum atomic E-state index is -3.75. The molecule has 0 aromatic carbocycles. The zero-order valence-electron chi connectivity index (χ0n) is 11.8. The number of aromatic nitrogens is 2. The average molecular weight is 333 g/mol. The third-order valence-corrected chi connectivity index (χ3v) is 5.99. The van der Waals surface area contributed by atoms with Crippen molar-refractivity contribution >= 4 is 32.4 Å². The summed E-state index contributed by atoms with van der Waals surface area (Å²) >= 11 is 0.808. The Morgan fingerprint density at radius 2 is 2.00 bits per heavy atom. The van der Waals surface area contributed by atoms with E-state index in [1.807, 2.05) is 0 Å². The molecule has 0 saturated heterocycles. The molecule has 0 spiro atoms. The molecule has 0 radical (unpaired) electrons. The Balaban J connectivity index is 2.01. The van der Waals surface area contributed by atoms with Crippen LogP contribution in [0.15, 0.2) is 4.34 Å². The lowest BCUT2D eigenvalue weighted by Crippen LogP contribution is -2.51. The van der Waals surface area contributed by atoms with Crippen molar-refractivity contribution in [1.29, 1.82) is 0 Å². The van der Waals surface area contributed by atoms with Crippen LogP contribution < -0.4 is 15.8 Å². The van der Waals surface area contributed by atoms with Crippen molar-refractivity contribution in [3.8, 4) is 0 Å². The number of carbonyl (C=O) groups is 1. The van der Waals surface area contributed by atoms with Crippen LogP contribution in [-0.2, 0) is 14.8 Å². The van der Waals surface area contributed by atoms with Crippen molar-refractivity contribution in [1.82, 2.24) is 14.9 Å². The Kier molecular flexibility index (Phi) is 4.91. The fourth-order valence-corrected chi connectivity index (χ4v) is 4.38. The van der Waals surface area contributed by atoms with E-state index < -0.39 is 15.6 Å². The number of carbonyl (C=O) groups excluding carboxylic acids is 1. The highest BCUT2D eigenvalue weighted by molar-refractivity contribution is 7.91. The zero-order valence-corrected chi connectivity index (χ0v) is 13.4. The highest BCUT2D eigenvalue weighted by Gasteiger charge is 2.30. The fraction of sp³-hybridized carbons (Fsp3) is 0.727. The molecule has 1 fully saturated rings. The number of amides is 1. The summed E-state index contributed by atoms with van der Waals surface area (Å²) in [5.74, 6) is -0.328. The summed E-state index contributed by atoms with van der Waals surface area (Å²) in [5, 5.41) is 9.77. The van der Waals surface area contributed by atoms with Crippen LogP contribution in [0.2, 0.25) is 0 Å². The Bertz CT molecular complexity index is 607. The van der Waals surface area contributed by atoms with Crippen LogP contribution in [0.5, 0.6) is 0 Å². The second-order valence-corrected chi connectivity index (χ2v) is 8.22. The molecule has 1 aliphatic rings. The second-order valence-electron chi connectivity index (χ2n) is 5.30. The quantitative estimate of drug-likeness (QED) is 0.671. The highest BCUT2D eigenvalue weighted by Crippen LogP contribution is 2.26. The summed E-state index contributed by atoms with van der Waals surface area (Å²) in [4.78, 5) is 10.9. The van der Waals surface area contributed by atoms with Gasteiger partial charge in [-0.1, -0.05) is 30.6 Å². The largest absolute Gasteiger partial charge is 0.324 e. The van der Waals surface area contributed by atoms with Crippen molar-refractivity contribution < 1.29 is 13.2 Å². The molecule has 118 valence electrons. The van der Waals surface area contributed by atoms with E-state index in [0.717, 1.165) is 43.4 Å². The van der Waals surface area contributed by atoms with Gasteiger partial charge in [0.05, 0.1) is 0 Å². The van der Waals surface area contributed by atoms with Gasteiger partial charge in [0.2, 0.25) is 15.4 Å². The lowest BCUT2D eigenvalue weighted by atomic mass is 9.83. The number of hydrogen-bond donors (Lipinski definition) is 3. The maximum atomic E-state index is 12.1. The van der Waals surface area contributed by atoms with Crippen molar-refractivity contribution in [2.45, 2.75) is 48.9 Å². The monoisotopic (exact) mass is 333 g/mol. The topological polar surface area (TPSA) is 127 Å². The van der Waals surface area contributed by atoms with Crippen molar-refractivity contribution in [3.05, 3.63) is 0 Å². The van der Waals surface area contributed by atoms with Gasteiger partial charge >= 0.3 is 0 Å². The lowest BCUT2D eigenvalue weighted by Gasteiger charge is -2.33. The van der Waals surface area contributed by atoms with Gasteiger partial charge in [0.15, 0.2) is 0 Å². The van der Waals surface area contributed by atoms with Gasteiger partial charge in [-0.3, -0.25) is 4.79 Å². The van der Waals surface area contributed by atoms with Crippen LogP contribution in [0.3, 0.4) is 0 Å². The van der Waals surface area contributed by atoms with Gasteiger partial charge < -0.3 is 11.1 Å². The van der Waals surface area contributed by atoms with Crippen LogP contribution in [0, 0.1) is 0 Å².